The van der Waals surface area contributed by atoms with Crippen molar-refractivity contribution in [3.8, 4) is 16.3 Å². The molecule has 2 unspecified atom stereocenters. The summed E-state index contributed by atoms with van der Waals surface area (Å²) in [5, 5.41) is 9.91. The molecule has 1 fully saturated rings. The molecule has 0 aliphatic carbocycles. The average Bonchev–Trinajstić information content (AvgIpc) is 3.40. The first-order chi connectivity index (χ1) is 14.0. The van der Waals surface area contributed by atoms with Crippen LogP contribution < -0.4 is 5.32 Å². The van der Waals surface area contributed by atoms with Crippen molar-refractivity contribution in [2.24, 2.45) is 0 Å². The Morgan fingerprint density at radius 3 is 2.80 bits per heavy atom. The summed E-state index contributed by atoms with van der Waals surface area (Å²) < 4.78 is 16.3. The topological polar surface area (TPSA) is 63.1 Å². The summed E-state index contributed by atoms with van der Waals surface area (Å²) >= 11 is 1.40. The largest absolute Gasteiger partial charge is 0.329 e. The first-order valence-corrected chi connectivity index (χ1v) is 10.7. The van der Waals surface area contributed by atoms with Gasteiger partial charge >= 0.3 is 0 Å². The Hall–Kier alpha value is -2.29. The molecule has 2 atom stereocenters. The number of rotatable bonds is 5. The highest BCUT2D eigenvalue weighted by molar-refractivity contribution is 7.13. The number of nitrogens with one attached hydrogen (secondary N) is 1. The molecular weight excluding hydrogens is 425 g/mol. The number of benzene rings is 1. The standard InChI is InChI=1S/C21H24FN5OS.ClH/c1-14(2)27(19-8-9-23-11-17(19)22)21(28)18-13-29-20(25-18)15-10-24-26(12-15)16-6-4-3-5-7-16;/h3-7,10,12-14,17,19,23H,8-9,11H2,1-2H3;1H. The second-order valence-corrected chi connectivity index (χ2v) is 8.29. The Balaban J connectivity index is 0.00000256. The number of para-hydroxylation sites is 1. The Kier molecular flexibility index (Phi) is 7.23. The van der Waals surface area contributed by atoms with Gasteiger partial charge in [0.2, 0.25) is 0 Å². The summed E-state index contributed by atoms with van der Waals surface area (Å²) in [6.07, 6.45) is 3.17. The van der Waals surface area contributed by atoms with Crippen LogP contribution in [0.25, 0.3) is 16.3 Å². The first-order valence-electron chi connectivity index (χ1n) is 9.78. The highest BCUT2D eigenvalue weighted by Crippen LogP contribution is 2.27. The predicted octanol–water partition coefficient (Wildman–Crippen LogP) is 3.97. The van der Waals surface area contributed by atoms with E-state index in [0.29, 0.717) is 18.7 Å². The average molecular weight is 450 g/mol. The third-order valence-electron chi connectivity index (χ3n) is 5.10. The van der Waals surface area contributed by atoms with Gasteiger partial charge in [-0.1, -0.05) is 18.2 Å². The smallest absolute Gasteiger partial charge is 0.273 e. The molecule has 2 aromatic heterocycles. The van der Waals surface area contributed by atoms with Gasteiger partial charge < -0.3 is 10.2 Å². The van der Waals surface area contributed by atoms with Crippen LogP contribution >= 0.6 is 23.7 Å². The zero-order valence-corrected chi connectivity index (χ0v) is 18.5. The van der Waals surface area contributed by atoms with E-state index in [4.69, 9.17) is 0 Å². The van der Waals surface area contributed by atoms with Crippen molar-refractivity contribution in [2.75, 3.05) is 13.1 Å². The van der Waals surface area contributed by atoms with Gasteiger partial charge in [-0.25, -0.2) is 14.1 Å². The first kappa shape index (κ1) is 22.4. The van der Waals surface area contributed by atoms with E-state index in [1.54, 1.807) is 21.2 Å². The minimum absolute atomic E-state index is 0. The normalized spacial score (nSPS) is 18.8. The third kappa shape index (κ3) is 4.55. The van der Waals surface area contributed by atoms with Crippen molar-refractivity contribution in [2.45, 2.75) is 38.5 Å². The summed E-state index contributed by atoms with van der Waals surface area (Å²) in [4.78, 5) is 19.4. The number of hydrogen-bond donors (Lipinski definition) is 1. The summed E-state index contributed by atoms with van der Waals surface area (Å²) in [6.45, 7) is 4.83. The van der Waals surface area contributed by atoms with Crippen molar-refractivity contribution in [1.29, 1.82) is 0 Å². The Bertz CT molecular complexity index is 977. The number of nitrogens with zero attached hydrogens (tertiary/aromatic N) is 4. The van der Waals surface area contributed by atoms with Crippen molar-refractivity contribution in [3.05, 3.63) is 53.8 Å². The maximum Gasteiger partial charge on any atom is 0.273 e. The van der Waals surface area contributed by atoms with Gasteiger partial charge in [0.15, 0.2) is 0 Å². The van der Waals surface area contributed by atoms with Gasteiger partial charge in [0, 0.05) is 29.7 Å². The predicted molar refractivity (Wildman–Crippen MR) is 119 cm³/mol. The van der Waals surface area contributed by atoms with Gasteiger partial charge in [-0.2, -0.15) is 5.10 Å². The molecule has 1 aliphatic rings. The highest BCUT2D eigenvalue weighted by Gasteiger charge is 2.35. The molecule has 1 N–H and O–H groups in total. The van der Waals surface area contributed by atoms with Gasteiger partial charge in [0.25, 0.3) is 5.91 Å². The van der Waals surface area contributed by atoms with E-state index in [2.05, 4.69) is 15.4 Å². The van der Waals surface area contributed by atoms with Crippen LogP contribution in [0, 0.1) is 0 Å². The van der Waals surface area contributed by atoms with E-state index in [-0.39, 0.29) is 30.9 Å². The number of halogens is 2. The second kappa shape index (κ2) is 9.68. The van der Waals surface area contributed by atoms with Crippen LogP contribution in [-0.4, -0.2) is 56.9 Å². The minimum Gasteiger partial charge on any atom is -0.329 e. The van der Waals surface area contributed by atoms with Crippen molar-refractivity contribution in [3.63, 3.8) is 0 Å². The lowest BCUT2D eigenvalue weighted by Gasteiger charge is -2.39. The Morgan fingerprint density at radius 2 is 2.10 bits per heavy atom. The number of piperidine rings is 1. The zero-order chi connectivity index (χ0) is 20.4. The van der Waals surface area contributed by atoms with Crippen LogP contribution in [0.4, 0.5) is 4.39 Å². The van der Waals surface area contributed by atoms with Gasteiger partial charge in [-0.05, 0) is 38.9 Å². The molecule has 4 rings (SSSR count). The molecule has 3 heterocycles. The lowest BCUT2D eigenvalue weighted by Crippen LogP contribution is -2.55. The molecule has 1 amide bonds. The molecule has 0 spiro atoms. The number of alkyl halides is 1. The molecule has 160 valence electrons. The fourth-order valence-electron chi connectivity index (χ4n) is 3.68. The summed E-state index contributed by atoms with van der Waals surface area (Å²) in [7, 11) is 0. The monoisotopic (exact) mass is 449 g/mol. The number of thiazole rings is 1. The van der Waals surface area contributed by atoms with Crippen LogP contribution in [0.1, 0.15) is 30.8 Å². The zero-order valence-electron chi connectivity index (χ0n) is 16.9. The Morgan fingerprint density at radius 1 is 1.33 bits per heavy atom. The molecule has 0 saturated carbocycles. The van der Waals surface area contributed by atoms with Crippen LogP contribution in [0.5, 0.6) is 0 Å². The van der Waals surface area contributed by atoms with Crippen LogP contribution in [-0.2, 0) is 0 Å². The fourth-order valence-corrected chi connectivity index (χ4v) is 4.45. The quantitative estimate of drug-likeness (QED) is 0.640. The number of aromatic nitrogens is 3. The molecule has 0 radical (unpaired) electrons. The van der Waals surface area contributed by atoms with E-state index in [9.17, 15) is 9.18 Å². The molecule has 9 heteroatoms. The van der Waals surface area contributed by atoms with Gasteiger partial charge in [0.05, 0.1) is 17.9 Å². The maximum atomic E-state index is 14.5. The molecule has 30 heavy (non-hydrogen) atoms. The summed E-state index contributed by atoms with van der Waals surface area (Å²) in [5.74, 6) is -0.215. The Labute approximate surface area is 185 Å². The maximum absolute atomic E-state index is 14.5. The molecule has 0 bridgehead atoms. The number of amides is 1. The highest BCUT2D eigenvalue weighted by atomic mass is 35.5. The lowest BCUT2D eigenvalue weighted by molar-refractivity contribution is 0.0384. The molecule has 6 nitrogen and oxygen atoms in total. The minimum atomic E-state index is -1.07. The van der Waals surface area contributed by atoms with Gasteiger partial charge in [0.1, 0.15) is 16.9 Å². The SMILES string of the molecule is CC(C)N(C(=O)c1csc(-c2cnn(-c3ccccc3)c2)n1)C1CCNCC1F.Cl. The fraction of sp³-hybridized carbons (Fsp3) is 0.381. The van der Waals surface area contributed by atoms with Crippen molar-refractivity contribution < 1.29 is 9.18 Å². The second-order valence-electron chi connectivity index (χ2n) is 7.43. The van der Waals surface area contributed by atoms with Crippen LogP contribution in [0.2, 0.25) is 0 Å². The van der Waals surface area contributed by atoms with Gasteiger partial charge in [-0.3, -0.25) is 4.79 Å². The lowest BCUT2D eigenvalue weighted by atomic mass is 10.0. The van der Waals surface area contributed by atoms with Gasteiger partial charge in [-0.15, -0.1) is 23.7 Å². The van der Waals surface area contributed by atoms with E-state index >= 15 is 0 Å². The van der Waals surface area contributed by atoms with E-state index in [1.807, 2.05) is 50.4 Å². The van der Waals surface area contributed by atoms with Crippen LogP contribution in [0.3, 0.4) is 0 Å². The number of carbonyl (C=O) groups is 1. The molecule has 1 aliphatic heterocycles. The number of hydrogen-bond acceptors (Lipinski definition) is 5. The molecular formula is C21H25ClFN5OS. The van der Waals surface area contributed by atoms with E-state index in [0.717, 1.165) is 16.3 Å². The van der Waals surface area contributed by atoms with Crippen molar-refractivity contribution in [1.82, 2.24) is 25.0 Å². The van der Waals surface area contributed by atoms with Crippen molar-refractivity contribution >= 4 is 29.7 Å². The summed E-state index contributed by atoms with van der Waals surface area (Å²) in [6, 6.07) is 9.29. The third-order valence-corrected chi connectivity index (χ3v) is 5.99. The molecule has 1 aromatic carbocycles. The van der Waals surface area contributed by atoms with E-state index in [1.165, 1.54) is 11.3 Å². The number of carbonyl (C=O) groups excluding carboxylic acids is 1. The van der Waals surface area contributed by atoms with E-state index < -0.39 is 12.2 Å². The molecule has 3 aromatic rings. The van der Waals surface area contributed by atoms with Crippen LogP contribution in [0.15, 0.2) is 48.1 Å². The summed E-state index contributed by atoms with van der Waals surface area (Å²) in [5.41, 5.74) is 2.16. The molecule has 1 saturated heterocycles.